The molecule has 0 amide bonds. The minimum absolute atomic E-state index is 0.153. The monoisotopic (exact) mass is 167 g/mol. The van der Waals surface area contributed by atoms with Crippen molar-refractivity contribution in [3.63, 3.8) is 0 Å². The Hall–Kier alpha value is -1.43. The first-order chi connectivity index (χ1) is 5.66. The Morgan fingerprint density at radius 3 is 2.25 bits per heavy atom. The maximum absolute atomic E-state index is 12.9. The lowest BCUT2D eigenvalue weighted by Crippen LogP contribution is -1.98. The van der Waals surface area contributed by atoms with Gasteiger partial charge in [0.25, 0.3) is 0 Å². The van der Waals surface area contributed by atoms with E-state index in [0.29, 0.717) is 0 Å². The van der Waals surface area contributed by atoms with E-state index < -0.39 is 17.6 Å². The number of hydrogen-bond acceptors (Lipinski definition) is 1. The molecule has 0 aliphatic carbocycles. The molecular weight excluding hydrogens is 160 g/mol. The summed E-state index contributed by atoms with van der Waals surface area (Å²) in [6.45, 7) is 1.46. The van der Waals surface area contributed by atoms with Crippen molar-refractivity contribution in [2.24, 2.45) is 0 Å². The van der Waals surface area contributed by atoms with Gasteiger partial charge in [0.2, 0.25) is 0 Å². The van der Waals surface area contributed by atoms with E-state index in [0.717, 1.165) is 12.1 Å². The van der Waals surface area contributed by atoms with E-state index >= 15 is 0 Å². The highest BCUT2D eigenvalue weighted by Gasteiger charge is 2.14. The van der Waals surface area contributed by atoms with Crippen LogP contribution in [0.2, 0.25) is 0 Å². The normalized spacial score (nSPS) is 12.2. The van der Waals surface area contributed by atoms with Crippen molar-refractivity contribution in [2.45, 2.75) is 12.8 Å². The van der Waals surface area contributed by atoms with Crippen LogP contribution in [-0.4, -0.2) is 0 Å². The van der Waals surface area contributed by atoms with E-state index in [1.54, 1.807) is 6.07 Å². The van der Waals surface area contributed by atoms with Gasteiger partial charge in [0.15, 0.2) is 0 Å². The Labute approximate surface area is 69.2 Å². The van der Waals surface area contributed by atoms with Crippen molar-refractivity contribution in [1.29, 1.82) is 5.26 Å². The molecule has 0 unspecified atom stereocenters. The largest absolute Gasteiger partial charge is 0.207 e. The van der Waals surface area contributed by atoms with Crippen molar-refractivity contribution < 1.29 is 8.78 Å². The Morgan fingerprint density at radius 1 is 1.33 bits per heavy atom. The molecule has 0 radical (unpaired) electrons. The van der Waals surface area contributed by atoms with Crippen LogP contribution in [0.15, 0.2) is 18.2 Å². The van der Waals surface area contributed by atoms with Gasteiger partial charge < -0.3 is 0 Å². The first-order valence-corrected chi connectivity index (χ1v) is 3.50. The number of nitrogens with zero attached hydrogens (tertiary/aromatic N) is 1. The van der Waals surface area contributed by atoms with Crippen molar-refractivity contribution in [1.82, 2.24) is 0 Å². The Morgan fingerprint density at radius 2 is 1.83 bits per heavy atom. The molecule has 0 N–H and O–H groups in total. The van der Waals surface area contributed by atoms with Crippen LogP contribution in [0, 0.1) is 23.0 Å². The summed E-state index contributed by atoms with van der Waals surface area (Å²) in [5.74, 6) is -2.07. The van der Waals surface area contributed by atoms with Crippen LogP contribution in [0.3, 0.4) is 0 Å². The standard InChI is InChI=1S/C9H7F2N/c1-6(5-12)9-7(10)3-2-4-8(9)11/h2-4,6H,1H3/t6-/m1/s1. The molecule has 0 bridgehead atoms. The molecule has 1 aromatic carbocycles. The predicted octanol–water partition coefficient (Wildman–Crippen LogP) is 2.59. The van der Waals surface area contributed by atoms with Gasteiger partial charge in [-0.1, -0.05) is 6.07 Å². The van der Waals surface area contributed by atoms with Crippen LogP contribution < -0.4 is 0 Å². The number of hydrogen-bond donors (Lipinski definition) is 0. The summed E-state index contributed by atoms with van der Waals surface area (Å²) in [7, 11) is 0. The van der Waals surface area contributed by atoms with E-state index in [1.165, 1.54) is 13.0 Å². The highest BCUT2D eigenvalue weighted by Crippen LogP contribution is 2.20. The van der Waals surface area contributed by atoms with E-state index in [9.17, 15) is 8.78 Å². The molecule has 0 fully saturated rings. The number of nitriles is 1. The molecule has 0 heterocycles. The van der Waals surface area contributed by atoms with Crippen LogP contribution >= 0.6 is 0 Å². The minimum atomic E-state index is -0.744. The molecule has 0 spiro atoms. The molecule has 3 heteroatoms. The van der Waals surface area contributed by atoms with Gasteiger partial charge in [-0.3, -0.25) is 0 Å². The molecule has 12 heavy (non-hydrogen) atoms. The average molecular weight is 167 g/mol. The Bertz CT molecular complexity index is 308. The van der Waals surface area contributed by atoms with E-state index in [4.69, 9.17) is 5.26 Å². The zero-order chi connectivity index (χ0) is 9.14. The second-order valence-corrected chi connectivity index (χ2v) is 2.49. The number of benzene rings is 1. The molecular formula is C9H7F2N. The van der Waals surface area contributed by atoms with Gasteiger partial charge in [0.05, 0.1) is 12.0 Å². The smallest absolute Gasteiger partial charge is 0.130 e. The third-order valence-electron chi connectivity index (χ3n) is 1.63. The first kappa shape index (κ1) is 8.66. The van der Waals surface area contributed by atoms with Crippen molar-refractivity contribution in [3.8, 4) is 6.07 Å². The van der Waals surface area contributed by atoms with Crippen LogP contribution in [0.4, 0.5) is 8.78 Å². The van der Waals surface area contributed by atoms with Gasteiger partial charge in [-0.05, 0) is 19.1 Å². The van der Waals surface area contributed by atoms with Crippen LogP contribution in [0.5, 0.6) is 0 Å². The number of halogens is 2. The van der Waals surface area contributed by atoms with Gasteiger partial charge in [-0.25, -0.2) is 8.78 Å². The maximum atomic E-state index is 12.9. The molecule has 0 aliphatic heterocycles. The molecule has 1 atom stereocenters. The molecule has 1 nitrogen and oxygen atoms in total. The van der Waals surface area contributed by atoms with Crippen LogP contribution in [0.25, 0.3) is 0 Å². The molecule has 0 saturated carbocycles. The lowest BCUT2D eigenvalue weighted by Gasteiger charge is -2.04. The third-order valence-corrected chi connectivity index (χ3v) is 1.63. The fraction of sp³-hybridized carbons (Fsp3) is 0.222. The van der Waals surface area contributed by atoms with Gasteiger partial charge in [0.1, 0.15) is 11.6 Å². The van der Waals surface area contributed by atoms with E-state index in [1.807, 2.05) is 0 Å². The Kier molecular flexibility index (Phi) is 2.39. The van der Waals surface area contributed by atoms with E-state index in [-0.39, 0.29) is 5.56 Å². The average Bonchev–Trinajstić information content (AvgIpc) is 2.03. The summed E-state index contributed by atoms with van der Waals surface area (Å²) in [6.07, 6.45) is 0. The number of rotatable bonds is 1. The van der Waals surface area contributed by atoms with Crippen LogP contribution in [-0.2, 0) is 0 Å². The summed E-state index contributed by atoms with van der Waals surface area (Å²) in [6, 6.07) is 5.35. The molecule has 0 aromatic heterocycles. The SMILES string of the molecule is C[C@H](C#N)c1c(F)cccc1F. The topological polar surface area (TPSA) is 23.8 Å². The summed E-state index contributed by atoms with van der Waals surface area (Å²) in [5.41, 5.74) is -0.153. The molecule has 0 aliphatic rings. The fourth-order valence-electron chi connectivity index (χ4n) is 0.989. The summed E-state index contributed by atoms with van der Waals surface area (Å²) in [4.78, 5) is 0. The molecule has 0 saturated heterocycles. The highest BCUT2D eigenvalue weighted by atomic mass is 19.1. The van der Waals surface area contributed by atoms with Crippen molar-refractivity contribution in [2.75, 3.05) is 0 Å². The lowest BCUT2D eigenvalue weighted by molar-refractivity contribution is 0.551. The van der Waals surface area contributed by atoms with Gasteiger partial charge in [-0.2, -0.15) is 5.26 Å². The zero-order valence-electron chi connectivity index (χ0n) is 6.51. The summed E-state index contributed by atoms with van der Waals surface area (Å²) < 4.78 is 25.8. The minimum Gasteiger partial charge on any atom is -0.207 e. The Balaban J connectivity index is 3.23. The van der Waals surface area contributed by atoms with Gasteiger partial charge >= 0.3 is 0 Å². The van der Waals surface area contributed by atoms with Crippen LogP contribution in [0.1, 0.15) is 18.4 Å². The second kappa shape index (κ2) is 3.31. The summed E-state index contributed by atoms with van der Waals surface area (Å²) in [5, 5.41) is 8.45. The first-order valence-electron chi connectivity index (χ1n) is 3.50. The molecule has 1 aromatic rings. The van der Waals surface area contributed by atoms with Gasteiger partial charge in [0, 0.05) is 5.56 Å². The second-order valence-electron chi connectivity index (χ2n) is 2.49. The van der Waals surface area contributed by atoms with Crippen molar-refractivity contribution >= 4 is 0 Å². The van der Waals surface area contributed by atoms with Gasteiger partial charge in [-0.15, -0.1) is 0 Å². The lowest BCUT2D eigenvalue weighted by atomic mass is 10.0. The highest BCUT2D eigenvalue weighted by molar-refractivity contribution is 5.27. The quantitative estimate of drug-likeness (QED) is 0.630. The summed E-state index contributed by atoms with van der Waals surface area (Å²) >= 11 is 0. The predicted molar refractivity (Wildman–Crippen MR) is 40.4 cm³/mol. The van der Waals surface area contributed by atoms with E-state index in [2.05, 4.69) is 0 Å². The maximum Gasteiger partial charge on any atom is 0.130 e. The molecule has 1 rings (SSSR count). The molecule has 62 valence electrons. The zero-order valence-corrected chi connectivity index (χ0v) is 6.51. The fourth-order valence-corrected chi connectivity index (χ4v) is 0.989. The third kappa shape index (κ3) is 1.42. The van der Waals surface area contributed by atoms with Crippen molar-refractivity contribution in [3.05, 3.63) is 35.4 Å².